The summed E-state index contributed by atoms with van der Waals surface area (Å²) < 4.78 is 15.1. The Morgan fingerprint density at radius 1 is 0.879 bits per heavy atom. The second-order valence-corrected chi connectivity index (χ2v) is 7.85. The van der Waals surface area contributed by atoms with E-state index in [1.54, 1.807) is 30.3 Å². The summed E-state index contributed by atoms with van der Waals surface area (Å²) in [6.45, 7) is 1.03. The minimum Gasteiger partial charge on any atom is -0.383 e. The number of nitrogens with two attached hydrogens (primary N) is 1. The summed E-state index contributed by atoms with van der Waals surface area (Å²) in [7, 11) is 0. The van der Waals surface area contributed by atoms with E-state index in [9.17, 15) is 9.18 Å². The highest BCUT2D eigenvalue weighted by atomic mass is 19.1. The highest BCUT2D eigenvalue weighted by molar-refractivity contribution is 5.96. The van der Waals surface area contributed by atoms with Gasteiger partial charge in [0.05, 0.1) is 17.4 Å². The fraction of sp³-hybridized carbons (Fsp3) is 0.115. The van der Waals surface area contributed by atoms with Crippen molar-refractivity contribution in [2.45, 2.75) is 13.0 Å². The number of nitrogens with zero attached hydrogens (tertiary/aromatic N) is 3. The van der Waals surface area contributed by atoms with Crippen LogP contribution < -0.4 is 16.6 Å². The molecule has 0 radical (unpaired) electrons. The van der Waals surface area contributed by atoms with Gasteiger partial charge in [-0.1, -0.05) is 54.6 Å². The first-order valence-electron chi connectivity index (χ1n) is 10.7. The van der Waals surface area contributed by atoms with Gasteiger partial charge in [-0.25, -0.2) is 14.4 Å². The third-order valence-corrected chi connectivity index (χ3v) is 5.64. The second-order valence-electron chi connectivity index (χ2n) is 7.85. The van der Waals surface area contributed by atoms with Crippen molar-refractivity contribution in [2.24, 2.45) is 0 Å². The maximum Gasteiger partial charge on any atom is 0.279 e. The summed E-state index contributed by atoms with van der Waals surface area (Å²) in [6, 6.07) is 23.5. The number of aromatic nitrogens is 3. The Morgan fingerprint density at radius 2 is 1.61 bits per heavy atom. The van der Waals surface area contributed by atoms with Crippen LogP contribution in [-0.4, -0.2) is 21.1 Å². The lowest BCUT2D eigenvalue weighted by Crippen LogP contribution is -2.09. The summed E-state index contributed by atoms with van der Waals surface area (Å²) >= 11 is 0. The molecule has 6 nitrogen and oxygen atoms in total. The predicted octanol–water partition coefficient (Wildman–Crippen LogP) is 4.37. The number of rotatable bonds is 6. The molecule has 5 aromatic rings. The molecule has 0 aliphatic carbocycles. The number of nitrogen functional groups attached to an aromatic ring is 1. The van der Waals surface area contributed by atoms with Crippen molar-refractivity contribution in [2.75, 3.05) is 17.6 Å². The first-order valence-corrected chi connectivity index (χ1v) is 10.7. The van der Waals surface area contributed by atoms with Crippen LogP contribution in [0.25, 0.3) is 22.1 Å². The third kappa shape index (κ3) is 4.13. The lowest BCUT2D eigenvalue weighted by molar-refractivity contribution is 0.627. The summed E-state index contributed by atoms with van der Waals surface area (Å²) in [5.41, 5.74) is 10.4. The molecule has 0 atom stereocenters. The van der Waals surface area contributed by atoms with Crippen LogP contribution in [0.4, 0.5) is 15.9 Å². The lowest BCUT2D eigenvalue weighted by Gasteiger charge is -2.09. The van der Waals surface area contributed by atoms with Gasteiger partial charge in [-0.05, 0) is 41.8 Å². The fourth-order valence-electron chi connectivity index (χ4n) is 3.94. The molecule has 0 bridgehead atoms. The fourth-order valence-corrected chi connectivity index (χ4v) is 3.94. The Balaban J connectivity index is 1.61. The number of para-hydroxylation sites is 1. The van der Waals surface area contributed by atoms with E-state index < -0.39 is 0 Å². The zero-order valence-corrected chi connectivity index (χ0v) is 17.8. The largest absolute Gasteiger partial charge is 0.383 e. The van der Waals surface area contributed by atoms with Gasteiger partial charge in [-0.2, -0.15) is 0 Å². The standard InChI is InChI=1S/C26H22FN5O/c27-19-12-10-17(11-13-19)14-15-29-22-23-25(30-21-9-5-4-8-20(21)26(33)31-23)32(24(22)28)16-18-6-2-1-3-7-18/h1-13,29H,14-16,28H2. The highest BCUT2D eigenvalue weighted by Gasteiger charge is 2.18. The number of anilines is 2. The number of benzene rings is 3. The number of halogens is 1. The highest BCUT2D eigenvalue weighted by Crippen LogP contribution is 2.31. The van der Waals surface area contributed by atoms with E-state index in [0.29, 0.717) is 53.1 Å². The average Bonchev–Trinajstić information content (AvgIpc) is 2.97. The molecule has 0 fully saturated rings. The lowest BCUT2D eigenvalue weighted by atomic mass is 10.1. The van der Waals surface area contributed by atoms with Crippen molar-refractivity contribution in [1.29, 1.82) is 0 Å². The molecule has 0 aliphatic heterocycles. The molecule has 0 amide bonds. The van der Waals surface area contributed by atoms with Crippen molar-refractivity contribution in [1.82, 2.24) is 14.5 Å². The van der Waals surface area contributed by atoms with Crippen LogP contribution in [0.3, 0.4) is 0 Å². The Hall–Kier alpha value is -4.26. The van der Waals surface area contributed by atoms with E-state index in [4.69, 9.17) is 10.7 Å². The molecule has 33 heavy (non-hydrogen) atoms. The summed E-state index contributed by atoms with van der Waals surface area (Å²) in [5.74, 6) is 0.195. The van der Waals surface area contributed by atoms with E-state index >= 15 is 0 Å². The molecule has 0 saturated carbocycles. The van der Waals surface area contributed by atoms with Crippen molar-refractivity contribution >= 4 is 33.6 Å². The normalized spacial score (nSPS) is 11.2. The minimum absolute atomic E-state index is 0.266. The zero-order chi connectivity index (χ0) is 22.8. The maximum atomic E-state index is 13.2. The van der Waals surface area contributed by atoms with E-state index in [1.807, 2.05) is 41.0 Å². The van der Waals surface area contributed by atoms with Gasteiger partial charge < -0.3 is 15.6 Å². The summed E-state index contributed by atoms with van der Waals surface area (Å²) in [4.78, 5) is 22.1. The molecule has 2 aromatic heterocycles. The quantitative estimate of drug-likeness (QED) is 0.410. The molecule has 0 spiro atoms. The first-order chi connectivity index (χ1) is 16.1. The van der Waals surface area contributed by atoms with E-state index in [2.05, 4.69) is 10.3 Å². The summed E-state index contributed by atoms with van der Waals surface area (Å²) in [6.07, 6.45) is 0.656. The van der Waals surface area contributed by atoms with Crippen LogP contribution in [0.15, 0.2) is 83.7 Å². The Bertz CT molecular complexity index is 1500. The molecule has 164 valence electrons. The maximum absolute atomic E-state index is 13.2. The van der Waals surface area contributed by atoms with E-state index in [0.717, 1.165) is 11.1 Å². The van der Waals surface area contributed by atoms with Crippen molar-refractivity contribution in [3.8, 4) is 0 Å². The van der Waals surface area contributed by atoms with Gasteiger partial charge in [0.1, 0.15) is 22.8 Å². The number of hydrogen-bond donors (Lipinski definition) is 2. The van der Waals surface area contributed by atoms with Gasteiger partial charge in [0.2, 0.25) is 0 Å². The SMILES string of the molecule is Nc1c(NCCc2ccc(F)cc2)c2nc(=O)c3ccccc3nc2n1Cc1ccccc1. The third-order valence-electron chi connectivity index (χ3n) is 5.64. The Kier molecular flexibility index (Phi) is 5.44. The number of fused-ring (bicyclic) bond motifs is 2. The van der Waals surface area contributed by atoms with Gasteiger partial charge in [0.15, 0.2) is 5.65 Å². The molecule has 2 heterocycles. The van der Waals surface area contributed by atoms with Crippen LogP contribution in [0.2, 0.25) is 0 Å². The van der Waals surface area contributed by atoms with Crippen LogP contribution in [0.5, 0.6) is 0 Å². The smallest absolute Gasteiger partial charge is 0.279 e. The zero-order valence-electron chi connectivity index (χ0n) is 17.8. The molecule has 7 heteroatoms. The van der Waals surface area contributed by atoms with E-state index in [1.165, 1.54) is 12.1 Å². The average molecular weight is 439 g/mol. The van der Waals surface area contributed by atoms with Gasteiger partial charge in [0.25, 0.3) is 5.56 Å². The molecule has 3 N–H and O–H groups in total. The Labute approximate surface area is 189 Å². The summed E-state index contributed by atoms with van der Waals surface area (Å²) in [5, 5.41) is 3.79. The van der Waals surface area contributed by atoms with Crippen LogP contribution >= 0.6 is 0 Å². The van der Waals surface area contributed by atoms with Gasteiger partial charge in [0, 0.05) is 6.54 Å². The van der Waals surface area contributed by atoms with Gasteiger partial charge >= 0.3 is 0 Å². The topological polar surface area (TPSA) is 85.8 Å². The molecule has 0 unspecified atom stereocenters. The van der Waals surface area contributed by atoms with Gasteiger partial charge in [-0.3, -0.25) is 4.79 Å². The van der Waals surface area contributed by atoms with Gasteiger partial charge in [-0.15, -0.1) is 0 Å². The van der Waals surface area contributed by atoms with Crippen LogP contribution in [0.1, 0.15) is 11.1 Å². The van der Waals surface area contributed by atoms with Crippen LogP contribution in [-0.2, 0) is 13.0 Å². The first kappa shape index (κ1) is 20.6. The number of hydrogen-bond acceptors (Lipinski definition) is 5. The molecule has 0 saturated heterocycles. The Morgan fingerprint density at radius 3 is 2.39 bits per heavy atom. The molecule has 5 rings (SSSR count). The van der Waals surface area contributed by atoms with Crippen molar-refractivity contribution in [3.05, 3.63) is 106 Å². The van der Waals surface area contributed by atoms with E-state index in [-0.39, 0.29) is 11.4 Å². The minimum atomic E-state index is -0.355. The predicted molar refractivity (Wildman–Crippen MR) is 130 cm³/mol. The molecular formula is C26H22FN5O. The van der Waals surface area contributed by atoms with Crippen LogP contribution in [0, 0.1) is 5.82 Å². The number of nitrogens with one attached hydrogen (secondary N) is 1. The monoisotopic (exact) mass is 439 g/mol. The van der Waals surface area contributed by atoms with Crippen molar-refractivity contribution < 1.29 is 4.39 Å². The second kappa shape index (κ2) is 8.70. The molecular weight excluding hydrogens is 417 g/mol. The molecule has 0 aliphatic rings. The molecule has 3 aromatic carbocycles. The van der Waals surface area contributed by atoms with Crippen molar-refractivity contribution in [3.63, 3.8) is 0 Å².